The maximum absolute atomic E-state index is 12.9. The summed E-state index contributed by atoms with van der Waals surface area (Å²) in [6.45, 7) is 5.75. The number of aromatic nitrogens is 4. The highest BCUT2D eigenvalue weighted by Gasteiger charge is 2.19. The largest absolute Gasteiger partial charge is 0.334 e. The summed E-state index contributed by atoms with van der Waals surface area (Å²) >= 11 is 0. The van der Waals surface area contributed by atoms with Gasteiger partial charge in [-0.05, 0) is 30.7 Å². The summed E-state index contributed by atoms with van der Waals surface area (Å²) < 4.78 is 8.42. The van der Waals surface area contributed by atoms with Crippen molar-refractivity contribution in [2.24, 2.45) is 7.05 Å². The van der Waals surface area contributed by atoms with Crippen molar-refractivity contribution < 1.29 is 9.32 Å². The van der Waals surface area contributed by atoms with E-state index in [0.29, 0.717) is 28.5 Å². The number of carbonyl (C=O) groups excluding carboxylic acids is 1. The van der Waals surface area contributed by atoms with Crippen LogP contribution in [0.2, 0.25) is 0 Å². The Morgan fingerprint density at radius 1 is 1.13 bits per heavy atom. The van der Waals surface area contributed by atoms with E-state index >= 15 is 0 Å². The molecule has 1 N–H and O–H groups in total. The van der Waals surface area contributed by atoms with Crippen molar-refractivity contribution in [1.82, 2.24) is 19.3 Å². The summed E-state index contributed by atoms with van der Waals surface area (Å²) in [5, 5.41) is 6.94. The number of hydrogen-bond donors (Lipinski definition) is 1. The fourth-order valence-electron chi connectivity index (χ4n) is 3.43. The fraction of sp³-hybridized carbons (Fsp3) is 0.273. The minimum Gasteiger partial charge on any atom is -0.334 e. The Bertz CT molecular complexity index is 1300. The van der Waals surface area contributed by atoms with E-state index in [-0.39, 0.29) is 24.1 Å². The van der Waals surface area contributed by atoms with E-state index in [0.717, 1.165) is 11.1 Å². The smallest absolute Gasteiger partial charge is 0.329 e. The first kappa shape index (κ1) is 19.6. The maximum atomic E-state index is 12.9. The van der Waals surface area contributed by atoms with Gasteiger partial charge in [0.2, 0.25) is 5.91 Å². The summed E-state index contributed by atoms with van der Waals surface area (Å²) in [5.74, 6) is 0.766. The van der Waals surface area contributed by atoms with Crippen LogP contribution in [0.1, 0.15) is 31.2 Å². The number of fused-ring (bicyclic) bond motifs is 1. The molecular weight excluding hydrogens is 382 g/mol. The van der Waals surface area contributed by atoms with Crippen LogP contribution in [0.5, 0.6) is 0 Å². The molecule has 154 valence electrons. The van der Waals surface area contributed by atoms with E-state index < -0.39 is 0 Å². The molecule has 2 heterocycles. The molecule has 2 aromatic carbocycles. The SMILES string of the molecule is Cc1cccc(-c2nc(C(C)C)no2)c1NC(=O)Cn1c(=O)n(C)c2ccccc21. The Labute approximate surface area is 173 Å². The minimum atomic E-state index is -0.312. The molecule has 0 bridgehead atoms. The predicted octanol–water partition coefficient (Wildman–Crippen LogP) is 3.46. The third-order valence-electron chi connectivity index (χ3n) is 5.08. The summed E-state index contributed by atoms with van der Waals surface area (Å²) in [6, 6.07) is 13.0. The number of imidazole rings is 1. The maximum Gasteiger partial charge on any atom is 0.329 e. The van der Waals surface area contributed by atoms with E-state index in [1.807, 2.05) is 63.2 Å². The van der Waals surface area contributed by atoms with E-state index in [1.165, 1.54) is 9.13 Å². The molecule has 0 fully saturated rings. The van der Waals surface area contributed by atoms with E-state index in [4.69, 9.17) is 4.52 Å². The van der Waals surface area contributed by atoms with Crippen molar-refractivity contribution in [2.75, 3.05) is 5.32 Å². The second-order valence-electron chi connectivity index (χ2n) is 7.57. The number of para-hydroxylation sites is 3. The van der Waals surface area contributed by atoms with Crippen LogP contribution in [0.15, 0.2) is 51.8 Å². The number of amides is 1. The monoisotopic (exact) mass is 405 g/mol. The number of carbonyl (C=O) groups is 1. The minimum absolute atomic E-state index is 0.102. The molecule has 8 heteroatoms. The number of nitrogens with zero attached hydrogens (tertiary/aromatic N) is 4. The van der Waals surface area contributed by atoms with E-state index in [2.05, 4.69) is 15.5 Å². The second kappa shape index (κ2) is 7.62. The average Bonchev–Trinajstić information content (AvgIpc) is 3.30. The molecule has 1 amide bonds. The van der Waals surface area contributed by atoms with Crippen LogP contribution in [-0.2, 0) is 18.4 Å². The molecule has 0 aliphatic rings. The molecule has 0 spiro atoms. The van der Waals surface area contributed by atoms with Crippen LogP contribution in [0, 0.1) is 6.92 Å². The highest BCUT2D eigenvalue weighted by Crippen LogP contribution is 2.30. The molecule has 0 saturated heterocycles. The summed E-state index contributed by atoms with van der Waals surface area (Å²) in [5.41, 5.74) is 3.34. The number of nitrogens with one attached hydrogen (secondary N) is 1. The van der Waals surface area contributed by atoms with Gasteiger partial charge in [-0.15, -0.1) is 0 Å². The van der Waals surface area contributed by atoms with Crippen molar-refractivity contribution in [1.29, 1.82) is 0 Å². The van der Waals surface area contributed by atoms with Crippen molar-refractivity contribution in [2.45, 2.75) is 33.2 Å². The first-order chi connectivity index (χ1) is 14.4. The number of benzene rings is 2. The summed E-state index contributed by atoms with van der Waals surface area (Å²) in [4.78, 5) is 29.9. The van der Waals surface area contributed by atoms with E-state index in [9.17, 15) is 9.59 Å². The van der Waals surface area contributed by atoms with Gasteiger partial charge in [0.05, 0.1) is 22.3 Å². The van der Waals surface area contributed by atoms with Crippen molar-refractivity contribution in [3.05, 3.63) is 64.3 Å². The van der Waals surface area contributed by atoms with Crippen LogP contribution in [0.25, 0.3) is 22.5 Å². The molecular formula is C22H23N5O3. The molecule has 30 heavy (non-hydrogen) atoms. The molecule has 0 aliphatic heterocycles. The van der Waals surface area contributed by atoms with Gasteiger partial charge in [-0.3, -0.25) is 13.9 Å². The average molecular weight is 405 g/mol. The standard InChI is InChI=1S/C22H23N5O3/c1-13(2)20-24-21(30-25-20)15-9-7-8-14(3)19(15)23-18(28)12-27-17-11-6-5-10-16(17)26(4)22(27)29/h5-11,13H,12H2,1-4H3,(H,23,28). The molecule has 8 nitrogen and oxygen atoms in total. The number of hydrogen-bond acceptors (Lipinski definition) is 5. The first-order valence-electron chi connectivity index (χ1n) is 9.74. The molecule has 0 aliphatic carbocycles. The highest BCUT2D eigenvalue weighted by atomic mass is 16.5. The molecule has 2 aromatic heterocycles. The van der Waals surface area contributed by atoms with Crippen molar-refractivity contribution in [3.63, 3.8) is 0 Å². The van der Waals surface area contributed by atoms with Gasteiger partial charge >= 0.3 is 5.69 Å². The van der Waals surface area contributed by atoms with Gasteiger partial charge in [0.1, 0.15) is 6.54 Å². The van der Waals surface area contributed by atoms with Crippen LogP contribution < -0.4 is 11.0 Å². The van der Waals surface area contributed by atoms with Crippen LogP contribution in [0.3, 0.4) is 0 Å². The van der Waals surface area contributed by atoms with Crippen molar-refractivity contribution >= 4 is 22.6 Å². The number of anilines is 1. The Morgan fingerprint density at radius 2 is 1.87 bits per heavy atom. The molecule has 0 radical (unpaired) electrons. The number of rotatable bonds is 5. The van der Waals surface area contributed by atoms with Crippen LogP contribution in [-0.4, -0.2) is 25.2 Å². The fourth-order valence-corrected chi connectivity index (χ4v) is 3.43. The Balaban J connectivity index is 1.66. The predicted molar refractivity (Wildman–Crippen MR) is 114 cm³/mol. The Kier molecular flexibility index (Phi) is 4.99. The summed E-state index contributed by atoms with van der Waals surface area (Å²) in [7, 11) is 1.69. The second-order valence-corrected chi connectivity index (χ2v) is 7.57. The molecule has 0 saturated carbocycles. The van der Waals surface area contributed by atoms with Crippen molar-refractivity contribution in [3.8, 4) is 11.5 Å². The highest BCUT2D eigenvalue weighted by molar-refractivity contribution is 5.96. The molecule has 4 aromatic rings. The third kappa shape index (κ3) is 3.41. The summed E-state index contributed by atoms with van der Waals surface area (Å²) in [6.07, 6.45) is 0. The quantitative estimate of drug-likeness (QED) is 0.549. The molecule has 4 rings (SSSR count). The van der Waals surface area contributed by atoms with Gasteiger partial charge in [0.25, 0.3) is 5.89 Å². The zero-order valence-corrected chi connectivity index (χ0v) is 17.3. The van der Waals surface area contributed by atoms with Gasteiger partial charge in [-0.1, -0.05) is 43.3 Å². The molecule has 0 unspecified atom stereocenters. The lowest BCUT2D eigenvalue weighted by Gasteiger charge is -2.12. The van der Waals surface area contributed by atoms with E-state index in [1.54, 1.807) is 7.05 Å². The lowest BCUT2D eigenvalue weighted by Crippen LogP contribution is -2.28. The third-order valence-corrected chi connectivity index (χ3v) is 5.08. The van der Waals surface area contributed by atoms with Crippen LogP contribution in [0.4, 0.5) is 5.69 Å². The van der Waals surface area contributed by atoms with Gasteiger partial charge in [-0.2, -0.15) is 4.98 Å². The lowest BCUT2D eigenvalue weighted by atomic mass is 10.1. The normalized spacial score (nSPS) is 11.4. The van der Waals surface area contributed by atoms with Gasteiger partial charge < -0.3 is 9.84 Å². The number of aryl methyl sites for hydroxylation is 2. The van der Waals surface area contributed by atoms with Gasteiger partial charge in [0.15, 0.2) is 5.82 Å². The first-order valence-corrected chi connectivity index (χ1v) is 9.74. The lowest BCUT2D eigenvalue weighted by molar-refractivity contribution is -0.116. The van der Waals surface area contributed by atoms with Gasteiger partial charge in [-0.25, -0.2) is 4.79 Å². The van der Waals surface area contributed by atoms with Crippen LogP contribution >= 0.6 is 0 Å². The topological polar surface area (TPSA) is 95.0 Å². The zero-order valence-electron chi connectivity index (χ0n) is 17.3. The zero-order chi connectivity index (χ0) is 21.4. The molecule has 0 atom stereocenters. The Morgan fingerprint density at radius 3 is 2.57 bits per heavy atom. The Hall–Kier alpha value is -3.68. The van der Waals surface area contributed by atoms with Gasteiger partial charge in [0, 0.05) is 13.0 Å².